The van der Waals surface area contributed by atoms with E-state index in [0.717, 1.165) is 34.4 Å². The summed E-state index contributed by atoms with van der Waals surface area (Å²) < 4.78 is 64.4. The lowest BCUT2D eigenvalue weighted by atomic mass is 10.1. The standard InChI is InChI=1S/C38H34N4O8S2/c1-25(2)27-15-19-29(20-16-27)39-37(43)41-31-9-7-11-33(23-31)49-51(45,46)35-13-5-6-14-36(35)52(47,48)50-34-12-8-10-32(24-34)42-38(44)40-30-21-17-28(18-22-30)26(3)4/h5-24H,1,3H2,2,4H3,(H2,39,41,43)(H2,40,42,44). The number of urea groups is 2. The van der Waals surface area contributed by atoms with Crippen molar-refractivity contribution in [3.63, 3.8) is 0 Å². The summed E-state index contributed by atoms with van der Waals surface area (Å²) in [5.74, 6) is -0.388. The molecule has 5 aromatic carbocycles. The summed E-state index contributed by atoms with van der Waals surface area (Å²) in [5, 5.41) is 10.5. The first kappa shape index (κ1) is 36.9. The summed E-state index contributed by atoms with van der Waals surface area (Å²) in [6, 6.07) is 28.8. The second kappa shape index (κ2) is 15.7. The van der Waals surface area contributed by atoms with Gasteiger partial charge in [0.05, 0.1) is 0 Å². The van der Waals surface area contributed by atoms with Crippen molar-refractivity contribution in [2.24, 2.45) is 0 Å². The molecule has 4 amide bonds. The summed E-state index contributed by atoms with van der Waals surface area (Å²) in [6.07, 6.45) is 0. The second-order valence-corrected chi connectivity index (χ2v) is 14.5. The van der Waals surface area contributed by atoms with E-state index in [-0.39, 0.29) is 22.9 Å². The van der Waals surface area contributed by atoms with Crippen LogP contribution in [0.1, 0.15) is 25.0 Å². The number of nitrogens with one attached hydrogen (secondary N) is 4. The zero-order valence-corrected chi connectivity index (χ0v) is 29.7. The summed E-state index contributed by atoms with van der Waals surface area (Å²) in [5.41, 5.74) is 5.04. The van der Waals surface area contributed by atoms with Crippen molar-refractivity contribution >= 4 is 66.2 Å². The van der Waals surface area contributed by atoms with Crippen molar-refractivity contribution in [1.29, 1.82) is 0 Å². The Morgan fingerprint density at radius 2 is 0.827 bits per heavy atom. The van der Waals surface area contributed by atoms with Crippen LogP contribution >= 0.6 is 0 Å². The Morgan fingerprint density at radius 3 is 1.17 bits per heavy atom. The van der Waals surface area contributed by atoms with E-state index in [1.54, 1.807) is 24.3 Å². The molecular weight excluding hydrogens is 705 g/mol. The molecule has 5 aromatic rings. The van der Waals surface area contributed by atoms with Crippen LogP contribution in [0.15, 0.2) is 144 Å². The largest absolute Gasteiger partial charge is 0.379 e. The van der Waals surface area contributed by atoms with Gasteiger partial charge in [-0.05, 0) is 85.6 Å². The minimum absolute atomic E-state index is 0.194. The second-order valence-electron chi connectivity index (χ2n) is 11.5. The molecule has 0 aliphatic rings. The average molecular weight is 739 g/mol. The van der Waals surface area contributed by atoms with Crippen LogP contribution in [0.5, 0.6) is 11.5 Å². The van der Waals surface area contributed by atoms with Crippen molar-refractivity contribution < 1.29 is 34.8 Å². The molecule has 0 fully saturated rings. The van der Waals surface area contributed by atoms with E-state index in [1.165, 1.54) is 60.7 Å². The number of rotatable bonds is 12. The van der Waals surface area contributed by atoms with Crippen LogP contribution in [0.25, 0.3) is 11.1 Å². The van der Waals surface area contributed by atoms with Gasteiger partial charge in [0, 0.05) is 34.9 Å². The van der Waals surface area contributed by atoms with Gasteiger partial charge >= 0.3 is 32.3 Å². The van der Waals surface area contributed by atoms with Gasteiger partial charge in [-0.1, -0.05) is 72.8 Å². The number of hydrogen-bond acceptors (Lipinski definition) is 8. The third-order valence-corrected chi connectivity index (χ3v) is 10.00. The fourth-order valence-electron chi connectivity index (χ4n) is 4.72. The first-order valence-corrected chi connectivity index (χ1v) is 18.4. The zero-order valence-electron chi connectivity index (χ0n) is 28.0. The molecule has 12 nitrogen and oxygen atoms in total. The molecule has 4 N–H and O–H groups in total. The highest BCUT2D eigenvalue weighted by molar-refractivity contribution is 7.90. The van der Waals surface area contributed by atoms with Gasteiger partial charge in [0.15, 0.2) is 0 Å². The lowest BCUT2D eigenvalue weighted by Gasteiger charge is -2.14. The molecule has 266 valence electrons. The molecule has 0 saturated carbocycles. The molecule has 0 aliphatic carbocycles. The molecule has 0 aliphatic heterocycles. The zero-order chi connectivity index (χ0) is 37.5. The predicted molar refractivity (Wildman–Crippen MR) is 203 cm³/mol. The fourth-order valence-corrected chi connectivity index (χ4v) is 7.35. The third kappa shape index (κ3) is 9.65. The van der Waals surface area contributed by atoms with Gasteiger partial charge in [-0.15, -0.1) is 0 Å². The number of carbonyl (C=O) groups excluding carboxylic acids is 2. The molecule has 0 heterocycles. The smallest absolute Gasteiger partial charge is 0.340 e. The van der Waals surface area contributed by atoms with E-state index in [9.17, 15) is 26.4 Å². The van der Waals surface area contributed by atoms with Crippen molar-refractivity contribution in [1.82, 2.24) is 0 Å². The topological polar surface area (TPSA) is 169 Å². The molecular formula is C38H34N4O8S2. The Balaban J connectivity index is 1.26. The van der Waals surface area contributed by atoms with E-state index >= 15 is 0 Å². The number of allylic oxidation sites excluding steroid dienone is 2. The monoisotopic (exact) mass is 738 g/mol. The molecule has 0 saturated heterocycles. The predicted octanol–water partition coefficient (Wildman–Crippen LogP) is 8.58. The van der Waals surface area contributed by atoms with Crippen LogP contribution in [0.3, 0.4) is 0 Å². The first-order valence-electron chi connectivity index (χ1n) is 15.5. The van der Waals surface area contributed by atoms with Gasteiger partial charge in [0.25, 0.3) is 0 Å². The van der Waals surface area contributed by atoms with Crippen LogP contribution in [0, 0.1) is 0 Å². The molecule has 52 heavy (non-hydrogen) atoms. The number of amides is 4. The highest BCUT2D eigenvalue weighted by Crippen LogP contribution is 2.29. The molecule has 14 heteroatoms. The lowest BCUT2D eigenvalue weighted by molar-refractivity contribution is 0.261. The minimum Gasteiger partial charge on any atom is -0.379 e. The van der Waals surface area contributed by atoms with Crippen LogP contribution < -0.4 is 29.6 Å². The Hall–Kier alpha value is -6.38. The first-order chi connectivity index (χ1) is 24.7. The number of benzene rings is 5. The van der Waals surface area contributed by atoms with Gasteiger partial charge in [-0.3, -0.25) is 0 Å². The van der Waals surface area contributed by atoms with E-state index in [2.05, 4.69) is 34.4 Å². The third-order valence-electron chi connectivity index (χ3n) is 7.25. The number of hydrogen-bond donors (Lipinski definition) is 4. The highest BCUT2D eigenvalue weighted by atomic mass is 32.2. The fraction of sp³-hybridized carbons (Fsp3) is 0.0526. The normalized spacial score (nSPS) is 11.1. The Labute approximate surface area is 302 Å². The van der Waals surface area contributed by atoms with Crippen molar-refractivity contribution in [3.8, 4) is 11.5 Å². The van der Waals surface area contributed by atoms with Crippen molar-refractivity contribution in [2.45, 2.75) is 23.6 Å². The van der Waals surface area contributed by atoms with Gasteiger partial charge in [-0.25, -0.2) is 9.59 Å². The SMILES string of the molecule is C=C(C)c1ccc(NC(=O)Nc2cccc(OS(=O)(=O)c3ccccc3S(=O)(=O)Oc3cccc(NC(=O)Nc4ccc(C(=C)C)cc4)c3)c2)cc1. The average Bonchev–Trinajstić information content (AvgIpc) is 3.08. The van der Waals surface area contributed by atoms with Gasteiger partial charge in [0.1, 0.15) is 21.3 Å². The Kier molecular flexibility index (Phi) is 11.1. The molecule has 0 unspecified atom stereocenters. The summed E-state index contributed by atoms with van der Waals surface area (Å²) in [6.45, 7) is 11.5. The lowest BCUT2D eigenvalue weighted by Crippen LogP contribution is -2.20. The Bertz CT molecular complexity index is 2210. The van der Waals surface area contributed by atoms with Crippen molar-refractivity contribution in [2.75, 3.05) is 21.3 Å². The Morgan fingerprint density at radius 1 is 0.481 bits per heavy atom. The summed E-state index contributed by atoms with van der Waals surface area (Å²) in [7, 11) is -9.50. The van der Waals surface area contributed by atoms with Crippen LogP contribution in [-0.4, -0.2) is 28.9 Å². The maximum absolute atomic E-state index is 13.4. The van der Waals surface area contributed by atoms with Gasteiger partial charge in [-0.2, -0.15) is 16.8 Å². The van der Waals surface area contributed by atoms with Crippen LogP contribution in [0.4, 0.5) is 32.3 Å². The van der Waals surface area contributed by atoms with E-state index in [1.807, 2.05) is 38.1 Å². The number of anilines is 4. The van der Waals surface area contributed by atoms with Crippen LogP contribution in [-0.2, 0) is 20.2 Å². The van der Waals surface area contributed by atoms with Crippen molar-refractivity contribution in [3.05, 3.63) is 146 Å². The molecule has 5 rings (SSSR count). The van der Waals surface area contributed by atoms with Gasteiger partial charge in [0.2, 0.25) is 0 Å². The molecule has 0 spiro atoms. The molecule has 0 bridgehead atoms. The maximum Gasteiger partial charge on any atom is 0.340 e. The van der Waals surface area contributed by atoms with Gasteiger partial charge < -0.3 is 29.6 Å². The minimum atomic E-state index is -4.75. The quantitative estimate of drug-likeness (QED) is 0.0923. The van der Waals surface area contributed by atoms with E-state index in [4.69, 9.17) is 8.37 Å². The van der Waals surface area contributed by atoms with E-state index in [0.29, 0.717) is 11.4 Å². The number of carbonyl (C=O) groups is 2. The van der Waals surface area contributed by atoms with Crippen LogP contribution in [0.2, 0.25) is 0 Å². The summed E-state index contributed by atoms with van der Waals surface area (Å²) in [4.78, 5) is 23.8. The molecule has 0 aromatic heterocycles. The van der Waals surface area contributed by atoms with E-state index < -0.39 is 42.1 Å². The maximum atomic E-state index is 13.4. The molecule has 0 atom stereocenters. The summed E-state index contributed by atoms with van der Waals surface area (Å²) >= 11 is 0. The highest BCUT2D eigenvalue weighted by Gasteiger charge is 2.30. The molecule has 0 radical (unpaired) electrons.